The number of thiazole rings is 1. The van der Waals surface area contributed by atoms with Gasteiger partial charge in [-0.15, -0.1) is 0 Å². The van der Waals surface area contributed by atoms with Gasteiger partial charge in [0.05, 0.1) is 21.8 Å². The summed E-state index contributed by atoms with van der Waals surface area (Å²) in [6, 6.07) is 12.9. The number of nitrogens with zero attached hydrogens (tertiary/aromatic N) is 4. The van der Waals surface area contributed by atoms with E-state index in [0.717, 1.165) is 36.7 Å². The monoisotopic (exact) mass is 542 g/mol. The lowest BCUT2D eigenvalue weighted by Gasteiger charge is -2.32. The van der Waals surface area contributed by atoms with Gasteiger partial charge in [-0.05, 0) is 62.2 Å². The van der Waals surface area contributed by atoms with E-state index in [4.69, 9.17) is 0 Å². The fourth-order valence-corrected chi connectivity index (χ4v) is 7.13. The Hall–Kier alpha value is -3.28. The van der Waals surface area contributed by atoms with E-state index in [9.17, 15) is 22.0 Å². The number of anilines is 1. The maximum absolute atomic E-state index is 14.3. The van der Waals surface area contributed by atoms with Crippen LogP contribution in [0.3, 0.4) is 0 Å². The van der Waals surface area contributed by atoms with E-state index in [1.807, 2.05) is 6.92 Å². The molecule has 0 bridgehead atoms. The number of hydrogen-bond donors (Lipinski definition) is 0. The molecule has 11 heteroatoms. The first-order valence-corrected chi connectivity index (χ1v) is 14.1. The Bertz CT molecular complexity index is 1540. The van der Waals surface area contributed by atoms with Crippen LogP contribution in [0.25, 0.3) is 10.2 Å². The van der Waals surface area contributed by atoms with Gasteiger partial charge in [-0.25, -0.2) is 22.2 Å². The zero-order chi connectivity index (χ0) is 26.2. The largest absolute Gasteiger partial charge is 0.278 e. The molecule has 0 radical (unpaired) electrons. The second-order valence-electron chi connectivity index (χ2n) is 8.93. The summed E-state index contributed by atoms with van der Waals surface area (Å²) >= 11 is 0.986. The molecule has 1 amide bonds. The van der Waals surface area contributed by atoms with Crippen LogP contribution in [0.5, 0.6) is 0 Å². The summed E-state index contributed by atoms with van der Waals surface area (Å²) in [5.74, 6) is -2.02. The molecule has 0 N–H and O–H groups in total. The summed E-state index contributed by atoms with van der Waals surface area (Å²) in [6.07, 6.45) is 4.21. The van der Waals surface area contributed by atoms with Crippen molar-refractivity contribution in [2.75, 3.05) is 11.4 Å². The van der Waals surface area contributed by atoms with Crippen molar-refractivity contribution in [3.05, 3.63) is 83.7 Å². The van der Waals surface area contributed by atoms with Crippen molar-refractivity contribution < 1.29 is 22.0 Å². The highest BCUT2D eigenvalue weighted by atomic mass is 32.2. The Kier molecular flexibility index (Phi) is 7.02. The minimum Gasteiger partial charge on any atom is -0.278 e. The van der Waals surface area contributed by atoms with E-state index in [1.54, 1.807) is 24.4 Å². The average Bonchev–Trinajstić information content (AvgIpc) is 3.32. The number of hydrogen-bond acceptors (Lipinski definition) is 6. The standard InChI is InChI=1S/C26H24F2N4O3S2/c1-17-6-3-5-13-32(17)37(34,35)21-10-8-18(9-11-21)25(33)31(16-20-7-2-4-12-29-20)26-30-24-22(28)14-19(27)15-23(24)36-26/h2,4,7-12,14-15,17H,3,5-6,13,16H2,1H3. The SMILES string of the molecule is CC1CCCCN1S(=O)(=O)c1ccc(C(=O)N(Cc2ccccn2)c2nc3c(F)cc(F)cc3s2)cc1. The maximum Gasteiger partial charge on any atom is 0.260 e. The molecule has 37 heavy (non-hydrogen) atoms. The summed E-state index contributed by atoms with van der Waals surface area (Å²) in [6.45, 7) is 2.41. The summed E-state index contributed by atoms with van der Waals surface area (Å²) in [7, 11) is -3.69. The van der Waals surface area contributed by atoms with Gasteiger partial charge in [-0.3, -0.25) is 14.7 Å². The fourth-order valence-electron chi connectivity index (χ4n) is 4.43. The first kappa shape index (κ1) is 25.4. The molecule has 1 aliphatic rings. The topological polar surface area (TPSA) is 83.5 Å². The predicted molar refractivity (Wildman–Crippen MR) is 138 cm³/mol. The smallest absolute Gasteiger partial charge is 0.260 e. The highest BCUT2D eigenvalue weighted by Crippen LogP contribution is 2.33. The minimum absolute atomic E-state index is 0.0303. The van der Waals surface area contributed by atoms with Gasteiger partial charge >= 0.3 is 0 Å². The lowest BCUT2D eigenvalue weighted by Crippen LogP contribution is -2.41. The molecule has 3 heterocycles. The van der Waals surface area contributed by atoms with E-state index < -0.39 is 27.6 Å². The second-order valence-corrected chi connectivity index (χ2v) is 11.8. The van der Waals surface area contributed by atoms with E-state index in [-0.39, 0.29) is 38.4 Å². The molecule has 2 aromatic heterocycles. The molecule has 4 aromatic rings. The number of sulfonamides is 1. The van der Waals surface area contributed by atoms with Crippen molar-refractivity contribution in [2.24, 2.45) is 0 Å². The Morgan fingerprint density at radius 3 is 2.62 bits per heavy atom. The van der Waals surface area contributed by atoms with Gasteiger partial charge < -0.3 is 0 Å². The van der Waals surface area contributed by atoms with Crippen LogP contribution in [0.1, 0.15) is 42.2 Å². The predicted octanol–water partition coefficient (Wildman–Crippen LogP) is 5.38. The fraction of sp³-hybridized carbons (Fsp3) is 0.269. The minimum atomic E-state index is -3.69. The lowest BCUT2D eigenvalue weighted by atomic mass is 10.1. The molecule has 1 fully saturated rings. The lowest BCUT2D eigenvalue weighted by molar-refractivity contribution is 0.0984. The third-order valence-corrected chi connectivity index (χ3v) is 9.43. The summed E-state index contributed by atoms with van der Waals surface area (Å²) in [5, 5.41) is 0.175. The molecular formula is C26H24F2N4O3S2. The first-order chi connectivity index (χ1) is 17.7. The van der Waals surface area contributed by atoms with Crippen molar-refractivity contribution in [3.63, 3.8) is 0 Å². The number of halogens is 2. The number of carbonyl (C=O) groups is 1. The van der Waals surface area contributed by atoms with E-state index in [0.29, 0.717) is 12.2 Å². The third kappa shape index (κ3) is 5.11. The van der Waals surface area contributed by atoms with Gasteiger partial charge in [0.1, 0.15) is 11.3 Å². The van der Waals surface area contributed by atoms with E-state index in [1.165, 1.54) is 39.5 Å². The van der Waals surface area contributed by atoms with E-state index >= 15 is 0 Å². The molecule has 0 aliphatic carbocycles. The number of carbonyl (C=O) groups excluding carboxylic acids is 1. The Balaban J connectivity index is 1.49. The molecule has 2 aromatic carbocycles. The molecule has 5 rings (SSSR count). The average molecular weight is 543 g/mol. The van der Waals surface area contributed by atoms with Gasteiger partial charge in [0.25, 0.3) is 5.91 Å². The second kappa shape index (κ2) is 10.2. The molecule has 1 aliphatic heterocycles. The highest BCUT2D eigenvalue weighted by Gasteiger charge is 2.31. The van der Waals surface area contributed by atoms with Crippen molar-refractivity contribution in [1.82, 2.24) is 14.3 Å². The number of fused-ring (bicyclic) bond motifs is 1. The number of benzene rings is 2. The molecule has 7 nitrogen and oxygen atoms in total. The van der Waals surface area contributed by atoms with Crippen LogP contribution in [0, 0.1) is 11.6 Å². The van der Waals surface area contributed by atoms with Crippen molar-refractivity contribution in [1.29, 1.82) is 0 Å². The number of aromatic nitrogens is 2. The number of piperidine rings is 1. The van der Waals surface area contributed by atoms with Gasteiger partial charge in [-0.2, -0.15) is 4.31 Å². The summed E-state index contributed by atoms with van der Waals surface area (Å²) in [5.41, 5.74) is 0.768. The molecule has 1 unspecified atom stereocenters. The van der Waals surface area contributed by atoms with Crippen LogP contribution < -0.4 is 4.90 Å². The number of amides is 1. The summed E-state index contributed by atoms with van der Waals surface area (Å²) < 4.78 is 56.2. The zero-order valence-electron chi connectivity index (χ0n) is 20.0. The zero-order valence-corrected chi connectivity index (χ0v) is 21.6. The number of rotatable bonds is 6. The number of pyridine rings is 1. The van der Waals surface area contributed by atoms with Crippen LogP contribution in [-0.2, 0) is 16.6 Å². The molecule has 192 valence electrons. The van der Waals surface area contributed by atoms with Crippen molar-refractivity contribution in [2.45, 2.75) is 43.7 Å². The molecule has 1 saturated heterocycles. The van der Waals surface area contributed by atoms with Gasteiger partial charge in [0, 0.05) is 30.4 Å². The van der Waals surface area contributed by atoms with Gasteiger partial charge in [0.2, 0.25) is 10.0 Å². The molecule has 1 atom stereocenters. The van der Waals surface area contributed by atoms with Crippen LogP contribution in [0.15, 0.2) is 65.7 Å². The quantitative estimate of drug-likeness (QED) is 0.327. The summed E-state index contributed by atoms with van der Waals surface area (Å²) in [4.78, 5) is 23.6. The highest BCUT2D eigenvalue weighted by molar-refractivity contribution is 7.89. The van der Waals surface area contributed by atoms with Crippen LogP contribution in [0.4, 0.5) is 13.9 Å². The van der Waals surface area contributed by atoms with Gasteiger partial charge in [-0.1, -0.05) is 23.8 Å². The van der Waals surface area contributed by atoms with E-state index in [2.05, 4.69) is 9.97 Å². The molecule has 0 spiro atoms. The van der Waals surface area contributed by atoms with Crippen molar-refractivity contribution in [3.8, 4) is 0 Å². The normalized spacial score (nSPS) is 16.7. The molecule has 0 saturated carbocycles. The Morgan fingerprint density at radius 1 is 1.14 bits per heavy atom. The molecular weight excluding hydrogens is 518 g/mol. The maximum atomic E-state index is 14.3. The van der Waals surface area contributed by atoms with Crippen LogP contribution in [-0.4, -0.2) is 41.2 Å². The van der Waals surface area contributed by atoms with Crippen LogP contribution in [0.2, 0.25) is 0 Å². The Labute approximate surface area is 217 Å². The Morgan fingerprint density at radius 2 is 1.92 bits per heavy atom. The first-order valence-electron chi connectivity index (χ1n) is 11.8. The third-order valence-electron chi connectivity index (χ3n) is 6.37. The van der Waals surface area contributed by atoms with Crippen LogP contribution >= 0.6 is 11.3 Å². The van der Waals surface area contributed by atoms with Crippen molar-refractivity contribution >= 4 is 42.6 Å². The van der Waals surface area contributed by atoms with Gasteiger partial charge in [0.15, 0.2) is 10.9 Å².